The van der Waals surface area contributed by atoms with Gasteiger partial charge in [-0.15, -0.1) is 0 Å². The quantitative estimate of drug-likeness (QED) is 0.307. The van der Waals surface area contributed by atoms with Gasteiger partial charge >= 0.3 is 0 Å². The molecule has 0 aliphatic carbocycles. The molecular formula is C41H47ClN8O9S. The van der Waals surface area contributed by atoms with Crippen LogP contribution in [0.4, 0.5) is 11.4 Å². The molecule has 17 nitrogen and oxygen atoms in total. The predicted octanol–water partition coefficient (Wildman–Crippen LogP) is 1.35. The van der Waals surface area contributed by atoms with E-state index in [2.05, 4.69) is 20.9 Å². The molecule has 4 atom stereocenters. The molecule has 318 valence electrons. The largest absolute Gasteiger partial charge is 0.367 e. The minimum absolute atomic E-state index is 0.0219. The molecule has 7 aliphatic rings. The second-order valence-corrected chi connectivity index (χ2v) is 19.4. The molecule has 0 spiro atoms. The molecule has 0 saturated carbocycles. The topological polar surface area (TPSA) is 206 Å². The molecule has 0 radical (unpaired) electrons. The van der Waals surface area contributed by atoms with Crippen LogP contribution in [0, 0.1) is 5.92 Å². The van der Waals surface area contributed by atoms with E-state index in [1.54, 1.807) is 39.5 Å². The fourth-order valence-corrected chi connectivity index (χ4v) is 13.0. The maximum atomic E-state index is 13.9. The maximum Gasteiger partial charge on any atom is 0.264 e. The number of amides is 7. The summed E-state index contributed by atoms with van der Waals surface area (Å²) in [6, 6.07) is 6.66. The fourth-order valence-electron chi connectivity index (χ4n) is 10.3. The third kappa shape index (κ3) is 7.55. The van der Waals surface area contributed by atoms with Gasteiger partial charge in [0.2, 0.25) is 33.7 Å². The van der Waals surface area contributed by atoms with Crippen LogP contribution in [0.2, 0.25) is 5.02 Å². The van der Waals surface area contributed by atoms with Gasteiger partial charge in [0.25, 0.3) is 17.7 Å². The summed E-state index contributed by atoms with van der Waals surface area (Å²) in [5.74, 6) is -2.69. The van der Waals surface area contributed by atoms with Crippen LogP contribution in [0.15, 0.2) is 30.3 Å². The lowest BCUT2D eigenvalue weighted by Crippen LogP contribution is -2.54. The number of piperazine rings is 1. The van der Waals surface area contributed by atoms with E-state index < -0.39 is 39.7 Å². The van der Waals surface area contributed by atoms with Gasteiger partial charge in [-0.05, 0) is 93.8 Å². The third-order valence-corrected chi connectivity index (χ3v) is 15.8. The van der Waals surface area contributed by atoms with E-state index in [-0.39, 0.29) is 89.5 Å². The van der Waals surface area contributed by atoms with E-state index in [9.17, 15) is 42.0 Å². The number of halogens is 1. The van der Waals surface area contributed by atoms with Gasteiger partial charge in [0.05, 0.1) is 46.1 Å². The summed E-state index contributed by atoms with van der Waals surface area (Å²) >= 11 is 6.40. The average Bonchev–Trinajstić information content (AvgIpc) is 3.82. The summed E-state index contributed by atoms with van der Waals surface area (Å²) in [6.07, 6.45) is 4.15. The lowest BCUT2D eigenvalue weighted by atomic mass is 9.99. The Labute approximate surface area is 352 Å². The molecule has 3 N–H and O–H groups in total. The highest BCUT2D eigenvalue weighted by molar-refractivity contribution is 7.89. The summed E-state index contributed by atoms with van der Waals surface area (Å²) in [5.41, 5.74) is 2.65. The van der Waals surface area contributed by atoms with Crippen molar-refractivity contribution in [2.75, 3.05) is 61.8 Å². The van der Waals surface area contributed by atoms with Gasteiger partial charge in [-0.2, -0.15) is 4.31 Å². The average molecular weight is 863 g/mol. The maximum absolute atomic E-state index is 13.9. The number of rotatable bonds is 9. The van der Waals surface area contributed by atoms with Crippen molar-refractivity contribution in [2.24, 2.45) is 5.92 Å². The highest BCUT2D eigenvalue weighted by atomic mass is 35.5. The molecule has 7 aliphatic heterocycles. The summed E-state index contributed by atoms with van der Waals surface area (Å²) in [6.45, 7) is 3.16. The van der Waals surface area contributed by atoms with E-state index in [0.29, 0.717) is 81.9 Å². The molecule has 5 fully saturated rings. The van der Waals surface area contributed by atoms with Gasteiger partial charge < -0.3 is 20.4 Å². The second kappa shape index (κ2) is 15.8. The van der Waals surface area contributed by atoms with Crippen LogP contribution in [0.3, 0.4) is 0 Å². The van der Waals surface area contributed by atoms with Gasteiger partial charge in [0.1, 0.15) is 6.04 Å². The number of benzene rings is 2. The van der Waals surface area contributed by atoms with Crippen molar-refractivity contribution in [2.45, 2.75) is 82.0 Å². The minimum Gasteiger partial charge on any atom is -0.367 e. The van der Waals surface area contributed by atoms with Crippen molar-refractivity contribution in [3.8, 4) is 0 Å². The van der Waals surface area contributed by atoms with Crippen LogP contribution in [0.25, 0.3) is 0 Å². The first-order chi connectivity index (χ1) is 28.7. The Bertz CT molecular complexity index is 2290. The molecule has 9 rings (SSSR count). The first-order valence-electron chi connectivity index (χ1n) is 20.8. The molecule has 7 amide bonds. The third-order valence-electron chi connectivity index (χ3n) is 13.3. The highest BCUT2D eigenvalue weighted by Gasteiger charge is 2.49. The first kappa shape index (κ1) is 40.5. The molecule has 5 saturated heterocycles. The van der Waals surface area contributed by atoms with Crippen molar-refractivity contribution >= 4 is 74.3 Å². The Kier molecular flexibility index (Phi) is 10.7. The van der Waals surface area contributed by atoms with Gasteiger partial charge in [0, 0.05) is 56.4 Å². The Morgan fingerprint density at radius 2 is 1.55 bits per heavy atom. The molecular weight excluding hydrogens is 816 g/mol. The van der Waals surface area contributed by atoms with Crippen LogP contribution >= 0.6 is 11.6 Å². The Morgan fingerprint density at radius 1 is 0.833 bits per heavy atom. The zero-order valence-electron chi connectivity index (χ0n) is 33.0. The zero-order valence-corrected chi connectivity index (χ0v) is 34.6. The molecule has 2 bridgehead atoms. The number of piperidine rings is 3. The number of hydrogen-bond acceptors (Lipinski definition) is 11. The number of nitrogens with zero attached hydrogens (tertiary/aromatic N) is 5. The number of anilines is 2. The van der Waals surface area contributed by atoms with E-state index in [1.807, 2.05) is 4.90 Å². The van der Waals surface area contributed by atoms with Crippen molar-refractivity contribution in [1.82, 2.24) is 29.6 Å². The predicted molar refractivity (Wildman–Crippen MR) is 218 cm³/mol. The number of sulfonamides is 1. The van der Waals surface area contributed by atoms with E-state index in [0.717, 1.165) is 23.3 Å². The fraction of sp³-hybridized carbons (Fsp3) is 0.537. The monoisotopic (exact) mass is 862 g/mol. The van der Waals surface area contributed by atoms with E-state index >= 15 is 0 Å². The smallest absolute Gasteiger partial charge is 0.264 e. The number of carbonyl (C=O) groups excluding carboxylic acids is 7. The van der Waals surface area contributed by atoms with Gasteiger partial charge in [-0.1, -0.05) is 17.7 Å². The first-order valence-corrected chi connectivity index (χ1v) is 22.8. The lowest BCUT2D eigenvalue weighted by Gasteiger charge is -2.40. The van der Waals surface area contributed by atoms with Crippen LogP contribution in [0.5, 0.6) is 0 Å². The van der Waals surface area contributed by atoms with Crippen LogP contribution in [-0.2, 0) is 35.6 Å². The van der Waals surface area contributed by atoms with Gasteiger partial charge in [-0.3, -0.25) is 48.7 Å². The number of hydrogen-bond donors (Lipinski definition) is 3. The van der Waals surface area contributed by atoms with Crippen molar-refractivity contribution < 1.29 is 42.0 Å². The lowest BCUT2D eigenvalue weighted by molar-refractivity contribution is -0.136. The molecule has 60 heavy (non-hydrogen) atoms. The van der Waals surface area contributed by atoms with E-state index in [4.69, 9.17) is 11.6 Å². The number of carbonyl (C=O) groups is 7. The highest BCUT2D eigenvalue weighted by Crippen LogP contribution is 2.40. The SMILES string of the molecule is O=C1CCC(N2C(=O)c3cccc(N4CCN(C(=O)CN5CCC(CS(=O)(=O)N6[C@@H]7CC[C@H]6CC(NC(=O)c6cc8c(cc6Cl)NC(=O)C8)C7)CC5)CC4)c3C2=O)C(=O)N1. The van der Waals surface area contributed by atoms with E-state index in [1.165, 1.54) is 0 Å². The molecule has 19 heteroatoms. The summed E-state index contributed by atoms with van der Waals surface area (Å²) < 4.78 is 29.5. The van der Waals surface area contributed by atoms with Gasteiger partial charge in [-0.25, -0.2) is 8.42 Å². The van der Waals surface area contributed by atoms with Crippen LogP contribution in [0.1, 0.15) is 88.0 Å². The summed E-state index contributed by atoms with van der Waals surface area (Å²) in [5, 5.41) is 8.28. The second-order valence-electron chi connectivity index (χ2n) is 17.1. The number of likely N-dealkylation sites (tertiary alicyclic amines) is 1. The van der Waals surface area contributed by atoms with Crippen LogP contribution < -0.4 is 20.9 Å². The molecule has 2 aromatic carbocycles. The number of fused-ring (bicyclic) bond motifs is 4. The van der Waals surface area contributed by atoms with Crippen molar-refractivity contribution in [1.29, 1.82) is 0 Å². The standard InChI is InChI=1S/C41H47ClN8O9S/c42-30-20-31-24(17-35(52)44-31)16-29(30)38(54)43-25-18-26-4-5-27(19-25)50(26)60(58,59)22-23-8-10-46(11-9-23)21-36(53)48-14-12-47(13-15-48)32-3-1-2-28-37(32)41(57)49(40(28)56)33-6-7-34(51)45-39(33)55/h1-3,16,20,23,25-27,33H,4-15,17-19,21-22H2,(H,43,54)(H,44,52)(H,45,51,55)/t25?,26-,27+,33?. The Morgan fingerprint density at radius 3 is 2.25 bits per heavy atom. The summed E-state index contributed by atoms with van der Waals surface area (Å²) in [4.78, 5) is 96.5. The minimum atomic E-state index is -3.56. The molecule has 2 aromatic rings. The normalized spacial score (nSPS) is 26.3. The zero-order chi connectivity index (χ0) is 42.0. The number of nitrogens with one attached hydrogen (secondary N) is 3. The number of imide groups is 2. The molecule has 2 unspecified atom stereocenters. The Hall–Kier alpha value is -4.91. The molecule has 7 heterocycles. The van der Waals surface area contributed by atoms with Crippen LogP contribution in [-0.4, -0.2) is 145 Å². The van der Waals surface area contributed by atoms with Gasteiger partial charge in [0.15, 0.2) is 0 Å². The van der Waals surface area contributed by atoms with Crippen molar-refractivity contribution in [3.05, 3.63) is 57.6 Å². The Balaban J connectivity index is 0.735. The van der Waals surface area contributed by atoms with Crippen molar-refractivity contribution in [3.63, 3.8) is 0 Å². The summed E-state index contributed by atoms with van der Waals surface area (Å²) in [7, 11) is -3.56. The molecule has 0 aromatic heterocycles.